The third kappa shape index (κ3) is 3.59. The molecule has 1 saturated carbocycles. The Hall–Kier alpha value is -0.380. The highest BCUT2D eigenvalue weighted by molar-refractivity contribution is 9.10. The van der Waals surface area contributed by atoms with E-state index in [1.165, 1.54) is 34.9 Å². The van der Waals surface area contributed by atoms with Crippen molar-refractivity contribution in [2.45, 2.75) is 45.7 Å². The lowest BCUT2D eigenvalue weighted by atomic mass is 10.0. The average molecular weight is 325 g/mol. The molecule has 19 heavy (non-hydrogen) atoms. The van der Waals surface area contributed by atoms with Crippen molar-refractivity contribution >= 4 is 15.9 Å². The summed E-state index contributed by atoms with van der Waals surface area (Å²) < 4.78 is 1.19. The normalized spacial score (nSPS) is 23.2. The van der Waals surface area contributed by atoms with Gasteiger partial charge in [0.15, 0.2) is 0 Å². The van der Waals surface area contributed by atoms with E-state index in [2.05, 4.69) is 52.9 Å². The molecule has 3 heteroatoms. The second-order valence-electron chi connectivity index (χ2n) is 5.64. The van der Waals surface area contributed by atoms with Crippen molar-refractivity contribution in [3.8, 4) is 0 Å². The van der Waals surface area contributed by atoms with E-state index in [1.54, 1.807) is 0 Å². The molecule has 0 aliphatic heterocycles. The molecule has 0 heterocycles. The van der Waals surface area contributed by atoms with Crippen LogP contribution in [0.25, 0.3) is 0 Å². The van der Waals surface area contributed by atoms with E-state index in [9.17, 15) is 0 Å². The predicted octanol–water partition coefficient (Wildman–Crippen LogP) is 3.71. The van der Waals surface area contributed by atoms with Gasteiger partial charge in [-0.3, -0.25) is 4.90 Å². The lowest BCUT2D eigenvalue weighted by Crippen LogP contribution is -2.39. The Morgan fingerprint density at radius 1 is 1.37 bits per heavy atom. The van der Waals surface area contributed by atoms with Crippen LogP contribution in [-0.4, -0.2) is 24.0 Å². The first-order valence-electron chi connectivity index (χ1n) is 7.34. The highest BCUT2D eigenvalue weighted by Crippen LogP contribution is 2.30. The molecule has 1 aliphatic rings. The van der Waals surface area contributed by atoms with Crippen LogP contribution in [0.5, 0.6) is 0 Å². The zero-order chi connectivity index (χ0) is 13.8. The minimum atomic E-state index is 0.680. The summed E-state index contributed by atoms with van der Waals surface area (Å²) in [5.41, 5.74) is 8.64. The van der Waals surface area contributed by atoms with Crippen LogP contribution in [-0.2, 0) is 6.54 Å². The van der Waals surface area contributed by atoms with Crippen LogP contribution in [0.2, 0.25) is 0 Å². The summed E-state index contributed by atoms with van der Waals surface area (Å²) in [5, 5.41) is 0. The molecule has 1 aromatic carbocycles. The maximum atomic E-state index is 5.92. The zero-order valence-electron chi connectivity index (χ0n) is 12.0. The van der Waals surface area contributed by atoms with Crippen molar-refractivity contribution in [3.63, 3.8) is 0 Å². The first-order chi connectivity index (χ1) is 9.15. The summed E-state index contributed by atoms with van der Waals surface area (Å²) in [6.45, 7) is 7.41. The van der Waals surface area contributed by atoms with E-state index in [4.69, 9.17) is 5.73 Å². The first kappa shape index (κ1) is 15.0. The number of hydrogen-bond acceptors (Lipinski definition) is 2. The van der Waals surface area contributed by atoms with Crippen LogP contribution in [0, 0.1) is 12.8 Å². The van der Waals surface area contributed by atoms with Gasteiger partial charge in [-0.25, -0.2) is 0 Å². The largest absolute Gasteiger partial charge is 0.330 e. The van der Waals surface area contributed by atoms with Crippen molar-refractivity contribution in [2.75, 3.05) is 13.1 Å². The summed E-state index contributed by atoms with van der Waals surface area (Å²) in [5.74, 6) is 0.691. The van der Waals surface area contributed by atoms with E-state index in [0.29, 0.717) is 12.0 Å². The highest BCUT2D eigenvalue weighted by Gasteiger charge is 2.30. The molecule has 106 valence electrons. The van der Waals surface area contributed by atoms with Gasteiger partial charge in [0.2, 0.25) is 0 Å². The fraction of sp³-hybridized carbons (Fsp3) is 0.625. The predicted molar refractivity (Wildman–Crippen MR) is 85.1 cm³/mol. The van der Waals surface area contributed by atoms with Crippen LogP contribution in [0.3, 0.4) is 0 Å². The Balaban J connectivity index is 2.08. The third-order valence-electron chi connectivity index (χ3n) is 4.40. The number of aryl methyl sites for hydroxylation is 1. The van der Waals surface area contributed by atoms with Crippen molar-refractivity contribution in [3.05, 3.63) is 33.8 Å². The first-order valence-corrected chi connectivity index (χ1v) is 8.14. The molecular formula is C16H25BrN2. The van der Waals surface area contributed by atoms with Gasteiger partial charge in [0.05, 0.1) is 0 Å². The minimum Gasteiger partial charge on any atom is -0.330 e. The van der Waals surface area contributed by atoms with Gasteiger partial charge in [-0.15, -0.1) is 0 Å². The molecule has 1 aliphatic carbocycles. The molecule has 0 aromatic heterocycles. The van der Waals surface area contributed by atoms with Crippen molar-refractivity contribution in [2.24, 2.45) is 11.7 Å². The molecule has 2 nitrogen and oxygen atoms in total. The van der Waals surface area contributed by atoms with E-state index in [1.807, 2.05) is 0 Å². The SMILES string of the molecule is CCN(Cc1ccc(Br)c(C)c1)C1CCCC1CN. The van der Waals surface area contributed by atoms with Gasteiger partial charge in [-0.05, 0) is 56.0 Å². The molecule has 2 rings (SSSR count). The summed E-state index contributed by atoms with van der Waals surface area (Å²) in [7, 11) is 0. The second-order valence-corrected chi connectivity index (χ2v) is 6.50. The Morgan fingerprint density at radius 3 is 2.79 bits per heavy atom. The molecule has 2 unspecified atom stereocenters. The number of rotatable bonds is 5. The van der Waals surface area contributed by atoms with Crippen LogP contribution < -0.4 is 5.73 Å². The smallest absolute Gasteiger partial charge is 0.0236 e. The molecule has 0 radical (unpaired) electrons. The van der Waals surface area contributed by atoms with Crippen LogP contribution in [0.1, 0.15) is 37.3 Å². The molecular weight excluding hydrogens is 300 g/mol. The van der Waals surface area contributed by atoms with Crippen LogP contribution in [0.4, 0.5) is 0 Å². The highest BCUT2D eigenvalue weighted by atomic mass is 79.9. The standard InChI is InChI=1S/C16H25BrN2/c1-3-19(16-6-4-5-14(16)10-18)11-13-7-8-15(17)12(2)9-13/h7-9,14,16H,3-6,10-11,18H2,1-2H3. The lowest BCUT2D eigenvalue weighted by molar-refractivity contribution is 0.162. The van der Waals surface area contributed by atoms with Crippen molar-refractivity contribution in [1.29, 1.82) is 0 Å². The summed E-state index contributed by atoms with van der Waals surface area (Å²) in [6, 6.07) is 7.36. The van der Waals surface area contributed by atoms with Gasteiger partial charge in [0.25, 0.3) is 0 Å². The number of halogens is 1. The Labute approximate surface area is 125 Å². The molecule has 1 aromatic rings. The van der Waals surface area contributed by atoms with Gasteiger partial charge in [-0.1, -0.05) is 41.4 Å². The number of benzene rings is 1. The van der Waals surface area contributed by atoms with Crippen molar-refractivity contribution in [1.82, 2.24) is 4.90 Å². The van der Waals surface area contributed by atoms with Gasteiger partial charge in [-0.2, -0.15) is 0 Å². The fourth-order valence-corrected chi connectivity index (χ4v) is 3.52. The topological polar surface area (TPSA) is 29.3 Å². The quantitative estimate of drug-likeness (QED) is 0.894. The molecule has 0 saturated heterocycles. The maximum Gasteiger partial charge on any atom is 0.0236 e. The summed E-state index contributed by atoms with van der Waals surface area (Å²) in [4.78, 5) is 2.60. The van der Waals surface area contributed by atoms with Crippen LogP contribution in [0.15, 0.2) is 22.7 Å². The van der Waals surface area contributed by atoms with E-state index < -0.39 is 0 Å². The summed E-state index contributed by atoms with van der Waals surface area (Å²) >= 11 is 3.57. The van der Waals surface area contributed by atoms with Crippen molar-refractivity contribution < 1.29 is 0 Å². The Bertz CT molecular complexity index is 419. The molecule has 0 amide bonds. The molecule has 2 N–H and O–H groups in total. The molecule has 0 spiro atoms. The second kappa shape index (κ2) is 6.87. The average Bonchev–Trinajstić information content (AvgIpc) is 2.88. The van der Waals surface area contributed by atoms with Crippen LogP contribution >= 0.6 is 15.9 Å². The minimum absolute atomic E-state index is 0.680. The number of nitrogens with two attached hydrogens (primary N) is 1. The van der Waals surface area contributed by atoms with E-state index in [-0.39, 0.29) is 0 Å². The summed E-state index contributed by atoms with van der Waals surface area (Å²) in [6.07, 6.45) is 3.95. The zero-order valence-corrected chi connectivity index (χ0v) is 13.6. The Kier molecular flexibility index (Phi) is 5.43. The van der Waals surface area contributed by atoms with Gasteiger partial charge >= 0.3 is 0 Å². The molecule has 2 atom stereocenters. The van der Waals surface area contributed by atoms with E-state index >= 15 is 0 Å². The van der Waals surface area contributed by atoms with Gasteiger partial charge in [0.1, 0.15) is 0 Å². The molecule has 1 fully saturated rings. The third-order valence-corrected chi connectivity index (χ3v) is 5.29. The fourth-order valence-electron chi connectivity index (χ4n) is 3.28. The number of nitrogens with zero attached hydrogens (tertiary/aromatic N) is 1. The lowest BCUT2D eigenvalue weighted by Gasteiger charge is -2.32. The van der Waals surface area contributed by atoms with Gasteiger partial charge < -0.3 is 5.73 Å². The number of hydrogen-bond donors (Lipinski definition) is 1. The molecule has 0 bridgehead atoms. The van der Waals surface area contributed by atoms with Gasteiger partial charge in [0, 0.05) is 17.1 Å². The maximum absolute atomic E-state index is 5.92. The monoisotopic (exact) mass is 324 g/mol. The van der Waals surface area contributed by atoms with E-state index in [0.717, 1.165) is 19.6 Å². The Morgan fingerprint density at radius 2 is 2.16 bits per heavy atom.